The molecule has 3 N–H and O–H groups in total. The van der Waals surface area contributed by atoms with Crippen LogP contribution in [0.15, 0.2) is 17.5 Å². The monoisotopic (exact) mass is 310 g/mol. The van der Waals surface area contributed by atoms with Crippen LogP contribution in [0.3, 0.4) is 0 Å². The van der Waals surface area contributed by atoms with E-state index in [0.29, 0.717) is 19.6 Å². The van der Waals surface area contributed by atoms with Gasteiger partial charge in [-0.15, -0.1) is 11.3 Å². The van der Waals surface area contributed by atoms with Crippen LogP contribution in [0.1, 0.15) is 16.1 Å². The molecule has 1 aliphatic heterocycles. The van der Waals surface area contributed by atoms with Gasteiger partial charge in [0.25, 0.3) is 5.91 Å². The van der Waals surface area contributed by atoms with Crippen LogP contribution in [0.25, 0.3) is 0 Å². The fraction of sp³-hybridized carbons (Fsp3) is 0.462. The van der Waals surface area contributed by atoms with Crippen LogP contribution in [0.4, 0.5) is 4.79 Å². The molecule has 1 aromatic rings. The van der Waals surface area contributed by atoms with E-state index >= 15 is 0 Å². The van der Waals surface area contributed by atoms with Crippen molar-refractivity contribution in [3.8, 4) is 0 Å². The summed E-state index contributed by atoms with van der Waals surface area (Å²) in [5.74, 6) is -0.310. The van der Waals surface area contributed by atoms with Crippen LogP contribution >= 0.6 is 11.3 Å². The summed E-state index contributed by atoms with van der Waals surface area (Å²) in [5.41, 5.74) is 4.87. The van der Waals surface area contributed by atoms with Crippen LogP contribution in [0.2, 0.25) is 0 Å². The lowest BCUT2D eigenvalue weighted by atomic mass is 10.2. The number of carbonyl (C=O) groups is 3. The average molecular weight is 310 g/mol. The van der Waals surface area contributed by atoms with E-state index in [4.69, 9.17) is 5.73 Å². The Kier molecular flexibility index (Phi) is 5.29. The van der Waals surface area contributed by atoms with Crippen molar-refractivity contribution in [2.24, 2.45) is 5.73 Å². The number of piperazine rings is 1. The number of nitrogens with zero attached hydrogens (tertiary/aromatic N) is 2. The third kappa shape index (κ3) is 4.54. The number of amides is 4. The fourth-order valence-electron chi connectivity index (χ4n) is 2.19. The standard InChI is InChI=1S/C13H18N4O3S/c14-13(20)15-11(18)3-4-16-5-7-17(8-6-16)12(19)10-2-1-9-21-10/h1-2,9H,3-8H2,(H3,14,15,18,20). The Bertz CT molecular complexity index is 509. The summed E-state index contributed by atoms with van der Waals surface area (Å²) in [6.45, 7) is 3.30. The molecule has 0 radical (unpaired) electrons. The summed E-state index contributed by atoms with van der Waals surface area (Å²) in [5, 5.41) is 3.93. The summed E-state index contributed by atoms with van der Waals surface area (Å²) in [7, 11) is 0. The normalized spacial score (nSPS) is 15.7. The molecule has 114 valence electrons. The molecule has 21 heavy (non-hydrogen) atoms. The van der Waals surface area contributed by atoms with E-state index in [1.807, 2.05) is 27.7 Å². The lowest BCUT2D eigenvalue weighted by Gasteiger charge is -2.34. The quantitative estimate of drug-likeness (QED) is 0.824. The van der Waals surface area contributed by atoms with E-state index in [1.165, 1.54) is 11.3 Å². The number of carbonyl (C=O) groups excluding carboxylic acids is 3. The van der Waals surface area contributed by atoms with Gasteiger partial charge in [-0.05, 0) is 11.4 Å². The molecule has 2 rings (SSSR count). The number of thiophene rings is 1. The number of nitrogens with two attached hydrogens (primary N) is 1. The van der Waals surface area contributed by atoms with Crippen LogP contribution in [0, 0.1) is 0 Å². The highest BCUT2D eigenvalue weighted by atomic mass is 32.1. The summed E-state index contributed by atoms with van der Waals surface area (Å²) in [6.07, 6.45) is 0.224. The van der Waals surface area contributed by atoms with Crippen molar-refractivity contribution in [2.75, 3.05) is 32.7 Å². The van der Waals surface area contributed by atoms with Gasteiger partial charge < -0.3 is 10.6 Å². The summed E-state index contributed by atoms with van der Waals surface area (Å²) < 4.78 is 0. The second-order valence-electron chi connectivity index (χ2n) is 4.77. The van der Waals surface area contributed by atoms with Gasteiger partial charge in [0.1, 0.15) is 0 Å². The van der Waals surface area contributed by atoms with Crippen molar-refractivity contribution in [3.63, 3.8) is 0 Å². The van der Waals surface area contributed by atoms with Crippen LogP contribution in [-0.2, 0) is 4.79 Å². The molecular formula is C13H18N4O3S. The Hall–Kier alpha value is -1.93. The molecule has 0 aliphatic carbocycles. The molecule has 1 aliphatic rings. The zero-order valence-electron chi connectivity index (χ0n) is 11.6. The highest BCUT2D eigenvalue weighted by Gasteiger charge is 2.22. The number of urea groups is 1. The highest BCUT2D eigenvalue weighted by Crippen LogP contribution is 2.13. The van der Waals surface area contributed by atoms with Gasteiger partial charge in [-0.3, -0.25) is 19.8 Å². The molecular weight excluding hydrogens is 292 g/mol. The van der Waals surface area contributed by atoms with Crippen LogP contribution < -0.4 is 11.1 Å². The van der Waals surface area contributed by atoms with Crippen molar-refractivity contribution >= 4 is 29.2 Å². The first kappa shape index (κ1) is 15.5. The summed E-state index contributed by atoms with van der Waals surface area (Å²) in [6, 6.07) is 2.87. The number of imide groups is 1. The predicted octanol–water partition coefficient (Wildman–Crippen LogP) is 0.0909. The summed E-state index contributed by atoms with van der Waals surface area (Å²) in [4.78, 5) is 38.7. The van der Waals surface area contributed by atoms with Gasteiger partial charge in [-0.25, -0.2) is 4.79 Å². The minimum Gasteiger partial charge on any atom is -0.351 e. The molecule has 1 aromatic heterocycles. The van der Waals surface area contributed by atoms with E-state index in [-0.39, 0.29) is 18.2 Å². The molecule has 2 heterocycles. The lowest BCUT2D eigenvalue weighted by molar-refractivity contribution is -0.120. The molecule has 1 fully saturated rings. The van der Waals surface area contributed by atoms with E-state index in [0.717, 1.165) is 18.0 Å². The van der Waals surface area contributed by atoms with Crippen molar-refractivity contribution in [2.45, 2.75) is 6.42 Å². The molecule has 7 nitrogen and oxygen atoms in total. The third-order valence-electron chi connectivity index (χ3n) is 3.31. The van der Waals surface area contributed by atoms with Gasteiger partial charge in [0, 0.05) is 39.1 Å². The number of rotatable bonds is 4. The largest absolute Gasteiger partial charge is 0.351 e. The average Bonchev–Trinajstić information content (AvgIpc) is 2.98. The molecule has 0 bridgehead atoms. The molecule has 4 amide bonds. The second-order valence-corrected chi connectivity index (χ2v) is 5.72. The Morgan fingerprint density at radius 2 is 1.95 bits per heavy atom. The van der Waals surface area contributed by atoms with Crippen molar-refractivity contribution in [1.29, 1.82) is 0 Å². The van der Waals surface area contributed by atoms with Gasteiger partial charge in [0.15, 0.2) is 0 Å². The van der Waals surface area contributed by atoms with Crippen LogP contribution in [-0.4, -0.2) is 60.4 Å². The van der Waals surface area contributed by atoms with E-state index in [1.54, 1.807) is 0 Å². The maximum atomic E-state index is 12.2. The maximum absolute atomic E-state index is 12.2. The highest BCUT2D eigenvalue weighted by molar-refractivity contribution is 7.12. The molecule has 0 spiro atoms. The first-order valence-corrected chi connectivity index (χ1v) is 7.58. The zero-order chi connectivity index (χ0) is 15.2. The lowest BCUT2D eigenvalue weighted by Crippen LogP contribution is -2.49. The first-order chi connectivity index (χ1) is 10.1. The number of hydrogen-bond donors (Lipinski definition) is 2. The number of hydrogen-bond acceptors (Lipinski definition) is 5. The maximum Gasteiger partial charge on any atom is 0.318 e. The van der Waals surface area contributed by atoms with E-state index < -0.39 is 6.03 Å². The molecule has 0 saturated carbocycles. The first-order valence-electron chi connectivity index (χ1n) is 6.70. The van der Waals surface area contributed by atoms with E-state index in [9.17, 15) is 14.4 Å². The zero-order valence-corrected chi connectivity index (χ0v) is 12.4. The molecule has 1 saturated heterocycles. The van der Waals surface area contributed by atoms with Gasteiger partial charge in [-0.2, -0.15) is 0 Å². The third-order valence-corrected chi connectivity index (χ3v) is 4.17. The smallest absolute Gasteiger partial charge is 0.318 e. The van der Waals surface area contributed by atoms with Crippen molar-refractivity contribution in [3.05, 3.63) is 22.4 Å². The summed E-state index contributed by atoms with van der Waals surface area (Å²) >= 11 is 1.44. The minimum atomic E-state index is -0.827. The van der Waals surface area contributed by atoms with E-state index in [2.05, 4.69) is 4.90 Å². The van der Waals surface area contributed by atoms with Crippen molar-refractivity contribution in [1.82, 2.24) is 15.1 Å². The topological polar surface area (TPSA) is 95.7 Å². The van der Waals surface area contributed by atoms with Gasteiger partial charge in [0.05, 0.1) is 4.88 Å². The molecule has 0 unspecified atom stereocenters. The van der Waals surface area contributed by atoms with Crippen LogP contribution in [0.5, 0.6) is 0 Å². The predicted molar refractivity (Wildman–Crippen MR) is 79.0 cm³/mol. The SMILES string of the molecule is NC(=O)NC(=O)CCN1CCN(C(=O)c2cccs2)CC1. The van der Waals surface area contributed by atoms with Gasteiger partial charge >= 0.3 is 6.03 Å². The van der Waals surface area contributed by atoms with Gasteiger partial charge in [0.2, 0.25) is 5.91 Å². The molecule has 0 aromatic carbocycles. The number of primary amides is 1. The Balaban J connectivity index is 1.72. The second kappa shape index (κ2) is 7.19. The number of nitrogens with one attached hydrogen (secondary N) is 1. The Morgan fingerprint density at radius 1 is 1.24 bits per heavy atom. The van der Waals surface area contributed by atoms with Gasteiger partial charge in [-0.1, -0.05) is 6.07 Å². The minimum absolute atomic E-state index is 0.0659. The Labute approximate surface area is 126 Å². The molecule has 0 atom stereocenters. The fourth-order valence-corrected chi connectivity index (χ4v) is 2.88. The van der Waals surface area contributed by atoms with Crippen molar-refractivity contribution < 1.29 is 14.4 Å². The molecule has 8 heteroatoms. The Morgan fingerprint density at radius 3 is 2.52 bits per heavy atom.